The van der Waals surface area contributed by atoms with Crippen LogP contribution in [0, 0.1) is 6.92 Å². The van der Waals surface area contributed by atoms with Crippen molar-refractivity contribution < 1.29 is 24.1 Å². The van der Waals surface area contributed by atoms with Crippen molar-refractivity contribution in [3.8, 4) is 28.6 Å². The highest BCUT2D eigenvalue weighted by atomic mass is 79.9. The number of aromatic nitrogens is 2. The Morgan fingerprint density at radius 2 is 1.73 bits per heavy atom. The fourth-order valence-electron chi connectivity index (χ4n) is 4.98. The van der Waals surface area contributed by atoms with Crippen LogP contribution in [0.4, 0.5) is 0 Å². The van der Waals surface area contributed by atoms with Gasteiger partial charge in [0.15, 0.2) is 17.3 Å². The van der Waals surface area contributed by atoms with Crippen molar-refractivity contribution in [1.82, 2.24) is 9.66 Å². The Kier molecular flexibility index (Phi) is 9.34. The summed E-state index contributed by atoms with van der Waals surface area (Å²) in [6.45, 7) is 6.26. The number of aryl methyl sites for hydroxylation is 1. The summed E-state index contributed by atoms with van der Waals surface area (Å²) in [5.74, 6) is 1.17. The van der Waals surface area contributed by atoms with E-state index in [0.717, 1.165) is 32.5 Å². The average molecular weight is 671 g/mol. The first-order valence-corrected chi connectivity index (χ1v) is 15.0. The standard InChI is InChI=1S/C35H32BrN3O6/c1-20(2)27-17-28(21(3)14-30(27)43-4)33-38-29-9-7-6-8-26(29)34(40)39(33)37-18-24-15-25(36)16-31(44-5)32(24)45-19-22-10-12-23(13-11-22)35(41)42/h6-18,20H,19H2,1-5H3,(H,41,42). The predicted molar refractivity (Wildman–Crippen MR) is 178 cm³/mol. The molecule has 9 nitrogen and oxygen atoms in total. The van der Waals surface area contributed by atoms with Crippen LogP contribution >= 0.6 is 15.9 Å². The number of carboxylic acid groups (broad SMARTS) is 1. The van der Waals surface area contributed by atoms with E-state index in [9.17, 15) is 14.7 Å². The number of para-hydroxylation sites is 1. The summed E-state index contributed by atoms with van der Waals surface area (Å²) < 4.78 is 19.5. The topological polar surface area (TPSA) is 112 Å². The third kappa shape index (κ3) is 6.61. The molecule has 0 fully saturated rings. The van der Waals surface area contributed by atoms with Gasteiger partial charge in [-0.15, -0.1) is 0 Å². The minimum atomic E-state index is -1.00. The first-order chi connectivity index (χ1) is 21.6. The number of methoxy groups -OCH3 is 2. The quantitative estimate of drug-likeness (QED) is 0.154. The SMILES string of the molecule is COc1cc(C)c(-c2nc3ccccc3c(=O)n2N=Cc2cc(Br)cc(OC)c2OCc2ccc(C(=O)O)cc2)cc1C(C)C. The van der Waals surface area contributed by atoms with Crippen LogP contribution in [-0.2, 0) is 6.61 Å². The number of benzene rings is 4. The molecule has 0 bridgehead atoms. The molecular formula is C35H32BrN3O6. The molecule has 1 heterocycles. The molecule has 45 heavy (non-hydrogen) atoms. The van der Waals surface area contributed by atoms with Crippen molar-refractivity contribution >= 4 is 39.0 Å². The van der Waals surface area contributed by atoms with Gasteiger partial charge in [-0.2, -0.15) is 9.78 Å². The highest BCUT2D eigenvalue weighted by Gasteiger charge is 2.19. The number of hydrogen-bond donors (Lipinski definition) is 1. The Bertz CT molecular complexity index is 1980. The van der Waals surface area contributed by atoms with Gasteiger partial charge in [0.25, 0.3) is 5.56 Å². The van der Waals surface area contributed by atoms with Crippen molar-refractivity contribution in [2.75, 3.05) is 14.2 Å². The molecule has 0 atom stereocenters. The first-order valence-electron chi connectivity index (χ1n) is 14.2. The lowest BCUT2D eigenvalue weighted by molar-refractivity contribution is 0.0697. The second-order valence-corrected chi connectivity index (χ2v) is 11.6. The molecule has 0 unspecified atom stereocenters. The van der Waals surface area contributed by atoms with E-state index < -0.39 is 5.97 Å². The van der Waals surface area contributed by atoms with Crippen LogP contribution in [0.1, 0.15) is 52.4 Å². The van der Waals surface area contributed by atoms with Crippen molar-refractivity contribution in [2.24, 2.45) is 5.10 Å². The molecule has 0 amide bonds. The van der Waals surface area contributed by atoms with E-state index in [1.165, 1.54) is 23.9 Å². The lowest BCUT2D eigenvalue weighted by Gasteiger charge is -2.17. The van der Waals surface area contributed by atoms with Crippen LogP contribution < -0.4 is 19.8 Å². The second-order valence-electron chi connectivity index (χ2n) is 10.7. The molecule has 0 aliphatic heterocycles. The molecule has 1 aromatic heterocycles. The normalized spacial score (nSPS) is 11.4. The number of carbonyl (C=O) groups is 1. The monoisotopic (exact) mass is 669 g/mol. The predicted octanol–water partition coefficient (Wildman–Crippen LogP) is 7.43. The Hall–Kier alpha value is -4.96. The van der Waals surface area contributed by atoms with Gasteiger partial charge in [-0.25, -0.2) is 9.78 Å². The van der Waals surface area contributed by atoms with Crippen LogP contribution in [0.25, 0.3) is 22.3 Å². The Labute approximate surface area is 268 Å². The summed E-state index contributed by atoms with van der Waals surface area (Å²) in [6.07, 6.45) is 1.54. The van der Waals surface area contributed by atoms with E-state index in [-0.39, 0.29) is 23.6 Å². The molecule has 10 heteroatoms. The molecule has 0 saturated carbocycles. The highest BCUT2D eigenvalue weighted by molar-refractivity contribution is 9.10. The Morgan fingerprint density at radius 1 is 1.02 bits per heavy atom. The summed E-state index contributed by atoms with van der Waals surface area (Å²) in [5.41, 5.74) is 4.36. The molecule has 230 valence electrons. The molecular weight excluding hydrogens is 638 g/mol. The summed E-state index contributed by atoms with van der Waals surface area (Å²) in [4.78, 5) is 30.1. The minimum Gasteiger partial charge on any atom is -0.496 e. The zero-order chi connectivity index (χ0) is 32.2. The number of carboxylic acids is 1. The zero-order valence-electron chi connectivity index (χ0n) is 25.5. The molecule has 1 N–H and O–H groups in total. The number of ether oxygens (including phenoxy) is 3. The summed E-state index contributed by atoms with van der Waals surface area (Å²) >= 11 is 3.53. The van der Waals surface area contributed by atoms with Crippen molar-refractivity contribution in [3.63, 3.8) is 0 Å². The molecule has 0 aliphatic carbocycles. The maximum absolute atomic E-state index is 13.9. The van der Waals surface area contributed by atoms with Crippen LogP contribution in [0.5, 0.6) is 17.2 Å². The summed E-state index contributed by atoms with van der Waals surface area (Å²) in [7, 11) is 3.18. The second kappa shape index (κ2) is 13.4. The lowest BCUT2D eigenvalue weighted by atomic mass is 9.96. The smallest absolute Gasteiger partial charge is 0.335 e. The molecule has 5 rings (SSSR count). The van der Waals surface area contributed by atoms with Crippen LogP contribution in [-0.4, -0.2) is 41.2 Å². The zero-order valence-corrected chi connectivity index (χ0v) is 27.1. The summed E-state index contributed by atoms with van der Waals surface area (Å²) in [5, 5.41) is 14.3. The molecule has 0 spiro atoms. The number of aromatic carboxylic acids is 1. The van der Waals surface area contributed by atoms with Crippen molar-refractivity contribution in [2.45, 2.75) is 33.3 Å². The van der Waals surface area contributed by atoms with Crippen LogP contribution in [0.3, 0.4) is 0 Å². The van der Waals surface area contributed by atoms with Gasteiger partial charge in [0.2, 0.25) is 0 Å². The van der Waals surface area contributed by atoms with E-state index in [2.05, 4.69) is 34.9 Å². The number of hydrogen-bond acceptors (Lipinski definition) is 7. The van der Waals surface area contributed by atoms with Gasteiger partial charge in [0.1, 0.15) is 12.4 Å². The van der Waals surface area contributed by atoms with E-state index in [1.807, 2.05) is 37.3 Å². The maximum Gasteiger partial charge on any atom is 0.335 e. The number of fused-ring (bicyclic) bond motifs is 1. The van der Waals surface area contributed by atoms with Gasteiger partial charge in [-0.1, -0.05) is 54.0 Å². The number of halogens is 1. The van der Waals surface area contributed by atoms with E-state index in [4.69, 9.17) is 19.2 Å². The van der Waals surface area contributed by atoms with Gasteiger partial charge in [-0.3, -0.25) is 4.79 Å². The average Bonchev–Trinajstić information content (AvgIpc) is 3.03. The fraction of sp³-hybridized carbons (Fsp3) is 0.200. The molecule has 0 saturated heterocycles. The molecule has 4 aromatic carbocycles. The van der Waals surface area contributed by atoms with Crippen molar-refractivity contribution in [3.05, 3.63) is 115 Å². The first kappa shape index (κ1) is 31.5. The number of nitrogens with zero attached hydrogens (tertiary/aromatic N) is 3. The molecule has 0 aliphatic rings. The fourth-order valence-corrected chi connectivity index (χ4v) is 5.44. The van der Waals surface area contributed by atoms with Gasteiger partial charge in [0, 0.05) is 15.6 Å². The van der Waals surface area contributed by atoms with Gasteiger partial charge >= 0.3 is 5.97 Å². The number of rotatable bonds is 10. The van der Waals surface area contributed by atoms with Gasteiger partial charge in [0.05, 0.1) is 36.9 Å². The van der Waals surface area contributed by atoms with Crippen LogP contribution in [0.15, 0.2) is 87.2 Å². The lowest BCUT2D eigenvalue weighted by Crippen LogP contribution is -2.21. The largest absolute Gasteiger partial charge is 0.496 e. The van der Waals surface area contributed by atoms with Crippen LogP contribution in [0.2, 0.25) is 0 Å². The maximum atomic E-state index is 13.9. The minimum absolute atomic E-state index is 0.143. The molecule has 0 radical (unpaired) electrons. The highest BCUT2D eigenvalue weighted by Crippen LogP contribution is 2.36. The van der Waals surface area contributed by atoms with Crippen molar-refractivity contribution in [1.29, 1.82) is 0 Å². The third-order valence-electron chi connectivity index (χ3n) is 7.36. The van der Waals surface area contributed by atoms with Gasteiger partial charge < -0.3 is 19.3 Å². The van der Waals surface area contributed by atoms with E-state index in [1.54, 1.807) is 43.7 Å². The molecule has 5 aromatic rings. The third-order valence-corrected chi connectivity index (χ3v) is 7.82. The van der Waals surface area contributed by atoms with Gasteiger partial charge in [-0.05, 0) is 78.1 Å². The Balaban J connectivity index is 1.64. The van der Waals surface area contributed by atoms with E-state index in [0.29, 0.717) is 33.8 Å². The summed E-state index contributed by atoms with van der Waals surface area (Å²) in [6, 6.07) is 21.1. The Morgan fingerprint density at radius 3 is 2.40 bits per heavy atom. The van der Waals surface area contributed by atoms with E-state index >= 15 is 0 Å².